The molecule has 1 aromatic carbocycles. The molecule has 3 rings (SSSR count). The largest absolute Gasteiger partial charge is 0.337 e. The summed E-state index contributed by atoms with van der Waals surface area (Å²) in [6, 6.07) is 7.68. The van der Waals surface area contributed by atoms with Crippen LogP contribution in [0.5, 0.6) is 0 Å². The van der Waals surface area contributed by atoms with Gasteiger partial charge < -0.3 is 4.90 Å². The van der Waals surface area contributed by atoms with Crippen LogP contribution in [0.25, 0.3) is 0 Å². The molecule has 7 nitrogen and oxygen atoms in total. The van der Waals surface area contributed by atoms with Gasteiger partial charge in [-0.15, -0.1) is 10.2 Å². The van der Waals surface area contributed by atoms with Gasteiger partial charge in [0.15, 0.2) is 5.16 Å². The van der Waals surface area contributed by atoms with Gasteiger partial charge in [0.05, 0.1) is 5.92 Å². The van der Waals surface area contributed by atoms with E-state index in [4.69, 9.17) is 11.6 Å². The summed E-state index contributed by atoms with van der Waals surface area (Å²) in [4.78, 5) is 26.8. The third-order valence-corrected chi connectivity index (χ3v) is 6.27. The van der Waals surface area contributed by atoms with Gasteiger partial charge in [-0.2, -0.15) is 0 Å². The van der Waals surface area contributed by atoms with Crippen LogP contribution in [0, 0.1) is 5.92 Å². The Morgan fingerprint density at radius 3 is 2.66 bits per heavy atom. The van der Waals surface area contributed by atoms with Crippen molar-refractivity contribution in [2.75, 3.05) is 11.9 Å². The summed E-state index contributed by atoms with van der Waals surface area (Å²) in [7, 11) is 0. The number of anilines is 1. The highest BCUT2D eigenvalue weighted by atomic mass is 35.5. The molecule has 29 heavy (non-hydrogen) atoms. The quantitative estimate of drug-likeness (QED) is 0.697. The zero-order valence-corrected chi connectivity index (χ0v) is 18.7. The fourth-order valence-corrected chi connectivity index (χ4v) is 4.56. The number of amides is 2. The Kier molecular flexibility index (Phi) is 6.53. The first-order chi connectivity index (χ1) is 13.7. The average Bonchev–Trinajstić information content (AvgIpc) is 3.24. The number of likely N-dealkylation sites (tertiary alicyclic amines) is 1. The molecule has 1 fully saturated rings. The Hall–Kier alpha value is -2.06. The van der Waals surface area contributed by atoms with Crippen molar-refractivity contribution in [1.29, 1.82) is 0 Å². The number of thioether (sulfide) groups is 1. The molecule has 9 heteroatoms. The Balaban J connectivity index is 1.67. The maximum absolute atomic E-state index is 12.7. The highest BCUT2D eigenvalue weighted by molar-refractivity contribution is 7.98. The van der Waals surface area contributed by atoms with E-state index in [-0.39, 0.29) is 29.7 Å². The first-order valence-electron chi connectivity index (χ1n) is 9.61. The molecule has 2 aromatic rings. The number of nitrogens with one attached hydrogen (secondary N) is 1. The number of hydrogen-bond acceptors (Lipinski definition) is 5. The summed E-state index contributed by atoms with van der Waals surface area (Å²) in [6.45, 7) is 8.93. The third kappa shape index (κ3) is 4.93. The molecule has 1 aliphatic heterocycles. The molecule has 0 aliphatic carbocycles. The summed E-state index contributed by atoms with van der Waals surface area (Å²) < 4.78 is 1.86. The molecule has 1 atom stereocenters. The molecule has 1 N–H and O–H groups in total. The number of nitrogens with zero attached hydrogens (tertiary/aromatic N) is 4. The molecule has 1 aromatic heterocycles. The standard InChI is InChI=1S/C20H26ClN5O2S/c1-5-25-18(22-17(28)14-10-16(27)26(11-14)20(2,3)4)23-24-19(25)29-12-13-8-6-7-9-15(13)21/h6-9,14H,5,10-12H2,1-4H3,(H,22,23,28). The predicted molar refractivity (Wildman–Crippen MR) is 115 cm³/mol. The summed E-state index contributed by atoms with van der Waals surface area (Å²) in [5, 5.41) is 12.7. The number of carbonyl (C=O) groups is 2. The maximum Gasteiger partial charge on any atom is 0.232 e. The minimum absolute atomic E-state index is 0.00518. The smallest absolute Gasteiger partial charge is 0.232 e. The number of rotatable bonds is 6. The van der Waals surface area contributed by atoms with Crippen molar-refractivity contribution in [3.05, 3.63) is 34.9 Å². The molecule has 0 bridgehead atoms. The van der Waals surface area contributed by atoms with E-state index in [0.29, 0.717) is 35.0 Å². The van der Waals surface area contributed by atoms with Gasteiger partial charge in [-0.1, -0.05) is 41.6 Å². The van der Waals surface area contributed by atoms with E-state index in [2.05, 4.69) is 15.5 Å². The van der Waals surface area contributed by atoms with E-state index in [0.717, 1.165) is 5.56 Å². The van der Waals surface area contributed by atoms with Gasteiger partial charge in [-0.3, -0.25) is 19.5 Å². The SMILES string of the molecule is CCn1c(NC(=O)C2CC(=O)N(C(C)(C)C)C2)nnc1SCc1ccccc1Cl. The number of hydrogen-bond donors (Lipinski definition) is 1. The van der Waals surface area contributed by atoms with Crippen LogP contribution in [-0.4, -0.2) is 43.6 Å². The predicted octanol–water partition coefficient (Wildman–Crippen LogP) is 3.83. The van der Waals surface area contributed by atoms with E-state index in [9.17, 15) is 9.59 Å². The first kappa shape index (κ1) is 21.6. The Morgan fingerprint density at radius 1 is 1.31 bits per heavy atom. The molecule has 1 unspecified atom stereocenters. The molecule has 156 valence electrons. The minimum atomic E-state index is -0.386. The molecular formula is C20H26ClN5O2S. The van der Waals surface area contributed by atoms with Gasteiger partial charge in [-0.25, -0.2) is 0 Å². The van der Waals surface area contributed by atoms with Crippen molar-refractivity contribution in [2.24, 2.45) is 5.92 Å². The second-order valence-corrected chi connectivity index (χ2v) is 9.35. The van der Waals surface area contributed by atoms with Crippen LogP contribution in [0.3, 0.4) is 0 Å². The van der Waals surface area contributed by atoms with Crippen LogP contribution in [0.4, 0.5) is 5.95 Å². The van der Waals surface area contributed by atoms with Crippen molar-refractivity contribution in [1.82, 2.24) is 19.7 Å². The van der Waals surface area contributed by atoms with Crippen LogP contribution in [0.15, 0.2) is 29.4 Å². The molecule has 0 radical (unpaired) electrons. The number of halogens is 1. The van der Waals surface area contributed by atoms with Crippen molar-refractivity contribution >= 4 is 41.1 Å². The zero-order valence-electron chi connectivity index (χ0n) is 17.1. The maximum atomic E-state index is 12.7. The highest BCUT2D eigenvalue weighted by Gasteiger charge is 2.39. The lowest BCUT2D eigenvalue weighted by molar-refractivity contribution is -0.131. The summed E-state index contributed by atoms with van der Waals surface area (Å²) in [5.74, 6) is 0.480. The van der Waals surface area contributed by atoms with Gasteiger partial charge in [0.1, 0.15) is 0 Å². The molecule has 1 saturated heterocycles. The van der Waals surface area contributed by atoms with E-state index >= 15 is 0 Å². The normalized spacial score (nSPS) is 17.1. The lowest BCUT2D eigenvalue weighted by Gasteiger charge is -2.31. The van der Waals surface area contributed by atoms with E-state index in [1.165, 1.54) is 11.8 Å². The molecular weight excluding hydrogens is 410 g/mol. The van der Waals surface area contributed by atoms with E-state index in [1.54, 1.807) is 4.90 Å². The lowest BCUT2D eigenvalue weighted by Crippen LogP contribution is -2.42. The number of aromatic nitrogens is 3. The Morgan fingerprint density at radius 2 is 2.03 bits per heavy atom. The Labute approximate surface area is 180 Å². The molecule has 1 aliphatic rings. The van der Waals surface area contributed by atoms with Gasteiger partial charge >= 0.3 is 0 Å². The van der Waals surface area contributed by atoms with Crippen molar-refractivity contribution in [2.45, 2.75) is 57.1 Å². The lowest BCUT2D eigenvalue weighted by atomic mass is 10.1. The molecule has 2 heterocycles. The second kappa shape index (κ2) is 8.75. The van der Waals surface area contributed by atoms with Crippen LogP contribution < -0.4 is 5.32 Å². The minimum Gasteiger partial charge on any atom is -0.337 e. The van der Waals surface area contributed by atoms with Gasteiger partial charge in [0.2, 0.25) is 17.8 Å². The van der Waals surface area contributed by atoms with Crippen LogP contribution >= 0.6 is 23.4 Å². The van der Waals surface area contributed by atoms with Crippen LogP contribution in [0.2, 0.25) is 5.02 Å². The summed E-state index contributed by atoms with van der Waals surface area (Å²) >= 11 is 7.74. The fraction of sp³-hybridized carbons (Fsp3) is 0.500. The zero-order chi connectivity index (χ0) is 21.2. The van der Waals surface area contributed by atoms with Gasteiger partial charge in [0.25, 0.3) is 0 Å². The summed E-state index contributed by atoms with van der Waals surface area (Å²) in [6.07, 6.45) is 0.220. The summed E-state index contributed by atoms with van der Waals surface area (Å²) in [5.41, 5.74) is 0.722. The molecule has 0 saturated carbocycles. The van der Waals surface area contributed by atoms with E-state index < -0.39 is 0 Å². The Bertz CT molecular complexity index is 909. The number of benzene rings is 1. The third-order valence-electron chi connectivity index (χ3n) is 4.89. The van der Waals surface area contributed by atoms with Crippen LogP contribution in [-0.2, 0) is 21.9 Å². The topological polar surface area (TPSA) is 80.1 Å². The fourth-order valence-electron chi connectivity index (χ4n) is 3.27. The average molecular weight is 436 g/mol. The van der Waals surface area contributed by atoms with Crippen molar-refractivity contribution in [3.63, 3.8) is 0 Å². The van der Waals surface area contributed by atoms with Crippen molar-refractivity contribution < 1.29 is 9.59 Å². The molecule has 2 amide bonds. The van der Waals surface area contributed by atoms with Crippen LogP contribution in [0.1, 0.15) is 39.7 Å². The van der Waals surface area contributed by atoms with E-state index in [1.807, 2.05) is 56.5 Å². The van der Waals surface area contributed by atoms with Gasteiger partial charge in [-0.05, 0) is 39.3 Å². The number of carbonyl (C=O) groups excluding carboxylic acids is 2. The van der Waals surface area contributed by atoms with Gasteiger partial charge in [0, 0.05) is 35.8 Å². The van der Waals surface area contributed by atoms with Crippen molar-refractivity contribution in [3.8, 4) is 0 Å². The first-order valence-corrected chi connectivity index (χ1v) is 11.0. The monoisotopic (exact) mass is 435 g/mol. The molecule has 0 spiro atoms. The highest BCUT2D eigenvalue weighted by Crippen LogP contribution is 2.29. The second-order valence-electron chi connectivity index (χ2n) is 8.00.